The summed E-state index contributed by atoms with van der Waals surface area (Å²) >= 11 is 1.46. The van der Waals surface area contributed by atoms with Crippen LogP contribution in [0.5, 0.6) is 5.75 Å². The Morgan fingerprint density at radius 3 is 2.56 bits per heavy atom. The predicted octanol–water partition coefficient (Wildman–Crippen LogP) is 3.89. The van der Waals surface area contributed by atoms with Crippen LogP contribution in [0.1, 0.15) is 21.5 Å². The fourth-order valence-electron chi connectivity index (χ4n) is 3.80. The quantitative estimate of drug-likeness (QED) is 0.574. The van der Waals surface area contributed by atoms with E-state index in [0.29, 0.717) is 29.8 Å². The molecule has 0 saturated carbocycles. The maximum Gasteiger partial charge on any atom is 0.257 e. The van der Waals surface area contributed by atoms with E-state index in [1.165, 1.54) is 28.5 Å². The van der Waals surface area contributed by atoms with E-state index in [2.05, 4.69) is 5.32 Å². The Morgan fingerprint density at radius 1 is 1.16 bits per heavy atom. The van der Waals surface area contributed by atoms with Crippen molar-refractivity contribution in [3.8, 4) is 5.75 Å². The van der Waals surface area contributed by atoms with Gasteiger partial charge in [0, 0.05) is 37.2 Å². The minimum absolute atomic E-state index is 0.186. The number of thioether (sulfide) groups is 1. The molecule has 1 N–H and O–H groups in total. The van der Waals surface area contributed by atoms with Gasteiger partial charge in [-0.15, -0.1) is 11.8 Å². The van der Waals surface area contributed by atoms with Crippen molar-refractivity contribution in [1.82, 2.24) is 9.47 Å². The first-order valence-electron chi connectivity index (χ1n) is 10.1. The van der Waals surface area contributed by atoms with Gasteiger partial charge in [0.2, 0.25) is 0 Å². The van der Waals surface area contributed by atoms with Gasteiger partial charge < -0.3 is 19.5 Å². The lowest BCUT2D eigenvalue weighted by Gasteiger charge is -2.37. The van der Waals surface area contributed by atoms with Crippen LogP contribution in [0.4, 0.5) is 10.1 Å². The molecule has 0 saturated heterocycles. The topological polar surface area (TPSA) is 63.6 Å². The third-order valence-corrected chi connectivity index (χ3v) is 6.33. The molecule has 2 aromatic carbocycles. The smallest absolute Gasteiger partial charge is 0.257 e. The number of benzene rings is 2. The Hall–Kier alpha value is -3.26. The Bertz CT molecular complexity index is 1210. The molecule has 2 heterocycles. The second kappa shape index (κ2) is 9.08. The maximum atomic E-state index is 14.7. The Morgan fingerprint density at radius 2 is 1.91 bits per heavy atom. The zero-order valence-electron chi connectivity index (χ0n) is 18.1. The summed E-state index contributed by atoms with van der Waals surface area (Å²) in [6, 6.07) is 13.9. The van der Waals surface area contributed by atoms with Gasteiger partial charge in [-0.05, 0) is 47.7 Å². The summed E-state index contributed by atoms with van der Waals surface area (Å²) in [4.78, 5) is 28.1. The number of amides is 1. The van der Waals surface area contributed by atoms with E-state index in [-0.39, 0.29) is 17.3 Å². The van der Waals surface area contributed by atoms with Crippen LogP contribution in [-0.4, -0.2) is 34.9 Å². The molecule has 1 unspecified atom stereocenters. The second-order valence-corrected chi connectivity index (χ2v) is 8.53. The summed E-state index contributed by atoms with van der Waals surface area (Å²) in [6.45, 7) is 0.327. The van der Waals surface area contributed by atoms with Crippen LogP contribution in [-0.2, 0) is 20.0 Å². The highest BCUT2D eigenvalue weighted by Crippen LogP contribution is 2.28. The Balaban J connectivity index is 1.70. The van der Waals surface area contributed by atoms with Gasteiger partial charge in [-0.25, -0.2) is 4.39 Å². The van der Waals surface area contributed by atoms with Crippen molar-refractivity contribution in [2.75, 3.05) is 18.7 Å². The van der Waals surface area contributed by atoms with Gasteiger partial charge >= 0.3 is 0 Å². The number of aryl methyl sites for hydroxylation is 1. The van der Waals surface area contributed by atoms with Gasteiger partial charge in [0.25, 0.3) is 11.5 Å². The molecule has 0 bridgehead atoms. The summed E-state index contributed by atoms with van der Waals surface area (Å²) in [6.07, 6.45) is 3.33. The number of hydrogen-bond donors (Lipinski definition) is 1. The highest BCUT2D eigenvalue weighted by atomic mass is 32.2. The van der Waals surface area contributed by atoms with Crippen LogP contribution in [0.25, 0.3) is 0 Å². The predicted molar refractivity (Wildman–Crippen MR) is 124 cm³/mol. The Labute approximate surface area is 190 Å². The maximum absolute atomic E-state index is 14.7. The fraction of sp³-hybridized carbons (Fsp3) is 0.250. The molecule has 8 heteroatoms. The van der Waals surface area contributed by atoms with Gasteiger partial charge in [0.05, 0.1) is 18.4 Å². The highest BCUT2D eigenvalue weighted by molar-refractivity contribution is 7.98. The lowest BCUT2D eigenvalue weighted by Crippen LogP contribution is -2.50. The van der Waals surface area contributed by atoms with Crippen molar-refractivity contribution in [1.29, 1.82) is 0 Å². The number of carbonyl (C=O) groups is 1. The van der Waals surface area contributed by atoms with E-state index in [0.717, 1.165) is 16.2 Å². The van der Waals surface area contributed by atoms with E-state index in [1.54, 1.807) is 31.3 Å². The van der Waals surface area contributed by atoms with Crippen LogP contribution in [0.15, 0.2) is 64.4 Å². The molecule has 6 nitrogen and oxygen atoms in total. The first-order valence-corrected chi connectivity index (χ1v) is 11.4. The molecule has 3 aromatic rings. The summed E-state index contributed by atoms with van der Waals surface area (Å²) in [5, 5.41) is 3.19. The number of carbonyl (C=O) groups excluding carboxylic acids is 1. The zero-order valence-corrected chi connectivity index (χ0v) is 18.9. The molecule has 1 aliphatic rings. The zero-order chi connectivity index (χ0) is 22.8. The molecule has 1 amide bonds. The second-order valence-electron chi connectivity index (χ2n) is 7.65. The normalized spacial score (nSPS) is 15.4. The standard InChI is InChI=1S/C24H24FN3O3S/c1-27-14-19-16(11-23(27)29)10-22(26-21-9-8-18(32-3)12-20(21)25)28(24(19)30)13-15-4-6-17(31-2)7-5-15/h4-9,11-12,14,22,26H,10,13H2,1-3H3. The van der Waals surface area contributed by atoms with E-state index >= 15 is 0 Å². The number of ether oxygens (including phenoxy) is 1. The number of aromatic nitrogens is 1. The van der Waals surface area contributed by atoms with Gasteiger partial charge in [0.15, 0.2) is 0 Å². The average Bonchev–Trinajstić information content (AvgIpc) is 2.79. The molecule has 0 fully saturated rings. The first kappa shape index (κ1) is 22.0. The van der Waals surface area contributed by atoms with Gasteiger partial charge in [0.1, 0.15) is 17.7 Å². The summed E-state index contributed by atoms with van der Waals surface area (Å²) < 4.78 is 21.3. The van der Waals surface area contributed by atoms with Crippen LogP contribution < -0.4 is 15.6 Å². The number of rotatable bonds is 6. The summed E-state index contributed by atoms with van der Waals surface area (Å²) in [5.41, 5.74) is 2.18. The SMILES string of the molecule is COc1ccc(CN2C(=O)c3cn(C)c(=O)cc3CC2Nc2ccc(SC)cc2F)cc1. The molecular weight excluding hydrogens is 429 g/mol. The molecule has 0 spiro atoms. The minimum atomic E-state index is -0.515. The Kier molecular flexibility index (Phi) is 6.23. The molecule has 0 radical (unpaired) electrons. The van der Waals surface area contributed by atoms with Crippen LogP contribution >= 0.6 is 11.8 Å². The number of nitrogens with zero attached hydrogens (tertiary/aromatic N) is 2. The monoisotopic (exact) mass is 453 g/mol. The highest BCUT2D eigenvalue weighted by Gasteiger charge is 2.33. The van der Waals surface area contributed by atoms with Crippen LogP contribution in [0.2, 0.25) is 0 Å². The lowest BCUT2D eigenvalue weighted by atomic mass is 9.97. The largest absolute Gasteiger partial charge is 0.497 e. The number of pyridine rings is 1. The number of methoxy groups -OCH3 is 1. The molecule has 4 rings (SSSR count). The first-order chi connectivity index (χ1) is 15.4. The van der Waals surface area contributed by atoms with Gasteiger partial charge in [-0.3, -0.25) is 9.59 Å². The lowest BCUT2D eigenvalue weighted by molar-refractivity contribution is 0.0656. The molecular formula is C24H24FN3O3S. The fourth-order valence-corrected chi connectivity index (χ4v) is 4.23. The summed E-state index contributed by atoms with van der Waals surface area (Å²) in [5.74, 6) is 0.129. The molecule has 0 aliphatic carbocycles. The minimum Gasteiger partial charge on any atom is -0.497 e. The van der Waals surface area contributed by atoms with Crippen molar-refractivity contribution in [3.63, 3.8) is 0 Å². The van der Waals surface area contributed by atoms with Crippen LogP contribution in [0.3, 0.4) is 0 Å². The van der Waals surface area contributed by atoms with E-state index < -0.39 is 6.17 Å². The number of fused-ring (bicyclic) bond motifs is 1. The van der Waals surface area contributed by atoms with E-state index in [4.69, 9.17) is 4.74 Å². The number of anilines is 1. The van der Waals surface area contributed by atoms with Crippen molar-refractivity contribution in [3.05, 3.63) is 87.6 Å². The molecule has 1 aromatic heterocycles. The number of nitrogens with one attached hydrogen (secondary N) is 1. The van der Waals surface area contributed by atoms with Crippen molar-refractivity contribution < 1.29 is 13.9 Å². The van der Waals surface area contributed by atoms with E-state index in [1.807, 2.05) is 36.6 Å². The molecule has 1 atom stereocenters. The van der Waals surface area contributed by atoms with Crippen molar-refractivity contribution in [2.24, 2.45) is 7.05 Å². The van der Waals surface area contributed by atoms with Crippen molar-refractivity contribution in [2.45, 2.75) is 24.0 Å². The summed E-state index contributed by atoms with van der Waals surface area (Å²) in [7, 11) is 3.22. The average molecular weight is 454 g/mol. The molecule has 166 valence electrons. The van der Waals surface area contributed by atoms with Gasteiger partial charge in [-0.1, -0.05) is 12.1 Å². The third-order valence-electron chi connectivity index (χ3n) is 5.61. The number of halogens is 1. The molecule has 1 aliphatic heterocycles. The third kappa shape index (κ3) is 4.36. The van der Waals surface area contributed by atoms with Crippen molar-refractivity contribution >= 4 is 23.4 Å². The number of hydrogen-bond acceptors (Lipinski definition) is 5. The van der Waals surface area contributed by atoms with Crippen LogP contribution in [0, 0.1) is 5.82 Å². The molecule has 32 heavy (non-hydrogen) atoms. The van der Waals surface area contributed by atoms with Gasteiger partial charge in [-0.2, -0.15) is 0 Å². The van der Waals surface area contributed by atoms with E-state index in [9.17, 15) is 14.0 Å².